The largest absolute Gasteiger partial charge is 0.382 e. The van der Waals surface area contributed by atoms with Crippen molar-refractivity contribution in [3.05, 3.63) is 35.9 Å². The molecule has 132 valence electrons. The molecule has 0 saturated carbocycles. The van der Waals surface area contributed by atoms with Gasteiger partial charge in [-0.25, -0.2) is 0 Å². The second-order valence-electron chi connectivity index (χ2n) is 6.48. The van der Waals surface area contributed by atoms with E-state index in [9.17, 15) is 0 Å². The van der Waals surface area contributed by atoms with Crippen LogP contribution in [0.5, 0.6) is 0 Å². The van der Waals surface area contributed by atoms with Crippen molar-refractivity contribution in [3.8, 4) is 0 Å². The first kappa shape index (κ1) is 17.1. The molecule has 7 nitrogen and oxygen atoms in total. The highest BCUT2D eigenvalue weighted by atomic mass is 16.5. The summed E-state index contributed by atoms with van der Waals surface area (Å²) in [5, 5.41) is 8.58. The Balaban J connectivity index is 1.68. The number of likely N-dealkylation sites (tertiary alicyclic amines) is 1. The van der Waals surface area contributed by atoms with E-state index in [4.69, 9.17) is 9.47 Å². The summed E-state index contributed by atoms with van der Waals surface area (Å²) in [5.74, 6) is 0. The van der Waals surface area contributed by atoms with Crippen LogP contribution in [0, 0.1) is 0 Å². The number of nitrogens with zero attached hydrogens (tertiary/aromatic N) is 5. The molecule has 0 spiro atoms. The molecule has 2 aromatic rings. The molecule has 0 unspecified atom stereocenters. The molecule has 0 aromatic carbocycles. The molecular formula is C17H27N5O2. The maximum Gasteiger partial charge on any atom is 0.0746 e. The Kier molecular flexibility index (Phi) is 5.65. The van der Waals surface area contributed by atoms with Gasteiger partial charge in [-0.05, 0) is 18.4 Å². The van der Waals surface area contributed by atoms with Gasteiger partial charge >= 0.3 is 0 Å². The third-order valence-electron chi connectivity index (χ3n) is 4.57. The van der Waals surface area contributed by atoms with E-state index in [1.807, 2.05) is 35.9 Å². The lowest BCUT2D eigenvalue weighted by atomic mass is 10.0. The average molecular weight is 333 g/mol. The van der Waals surface area contributed by atoms with Crippen molar-refractivity contribution in [3.63, 3.8) is 0 Å². The van der Waals surface area contributed by atoms with Crippen LogP contribution in [0.1, 0.15) is 17.5 Å². The zero-order chi connectivity index (χ0) is 16.9. The van der Waals surface area contributed by atoms with Gasteiger partial charge in [0.15, 0.2) is 0 Å². The number of aromatic nitrogens is 4. The molecule has 2 atom stereocenters. The highest BCUT2D eigenvalue weighted by Crippen LogP contribution is 2.26. The third kappa shape index (κ3) is 4.23. The van der Waals surface area contributed by atoms with Crippen molar-refractivity contribution in [1.29, 1.82) is 0 Å². The van der Waals surface area contributed by atoms with Crippen molar-refractivity contribution < 1.29 is 9.47 Å². The molecule has 1 aliphatic rings. The highest BCUT2D eigenvalue weighted by molar-refractivity contribution is 5.10. The van der Waals surface area contributed by atoms with Crippen LogP contribution in [0.25, 0.3) is 0 Å². The Morgan fingerprint density at radius 1 is 1.08 bits per heavy atom. The second-order valence-corrected chi connectivity index (χ2v) is 6.48. The first-order chi connectivity index (χ1) is 11.7. The molecule has 0 bridgehead atoms. The lowest BCUT2D eigenvalue weighted by molar-refractivity contribution is -0.00131. The highest BCUT2D eigenvalue weighted by Gasteiger charge is 2.35. The van der Waals surface area contributed by atoms with E-state index in [2.05, 4.69) is 27.5 Å². The monoisotopic (exact) mass is 333 g/mol. The molecule has 7 heteroatoms. The lowest BCUT2D eigenvalue weighted by Crippen LogP contribution is -2.38. The van der Waals surface area contributed by atoms with Crippen LogP contribution >= 0.6 is 0 Å². The van der Waals surface area contributed by atoms with Crippen molar-refractivity contribution >= 4 is 0 Å². The van der Waals surface area contributed by atoms with E-state index in [-0.39, 0.29) is 6.10 Å². The number of methoxy groups -OCH3 is 1. The molecule has 1 fully saturated rings. The fourth-order valence-electron chi connectivity index (χ4n) is 3.43. The van der Waals surface area contributed by atoms with Crippen LogP contribution in [0.4, 0.5) is 0 Å². The van der Waals surface area contributed by atoms with Gasteiger partial charge in [-0.3, -0.25) is 14.3 Å². The van der Waals surface area contributed by atoms with Gasteiger partial charge in [0.05, 0.1) is 31.7 Å². The van der Waals surface area contributed by atoms with Gasteiger partial charge in [-0.15, -0.1) is 0 Å². The summed E-state index contributed by atoms with van der Waals surface area (Å²) >= 11 is 0. The summed E-state index contributed by atoms with van der Waals surface area (Å²) in [7, 11) is 5.62. The van der Waals surface area contributed by atoms with Crippen LogP contribution in [0.2, 0.25) is 0 Å². The summed E-state index contributed by atoms with van der Waals surface area (Å²) in [6.45, 7) is 3.23. The standard InChI is InChI=1S/C17H27N5O2/c1-20-11-14(9-18-20)8-16-17(24-7-6-23-3)4-5-22(16)13-15-10-19-21(2)12-15/h9-12,16-17H,4-8,13H2,1-3H3/t16-,17-/m1/s1. The van der Waals surface area contributed by atoms with Crippen molar-refractivity contribution in [2.45, 2.75) is 31.5 Å². The van der Waals surface area contributed by atoms with Gasteiger partial charge in [0.25, 0.3) is 0 Å². The maximum absolute atomic E-state index is 6.09. The number of aryl methyl sites for hydroxylation is 2. The van der Waals surface area contributed by atoms with Gasteiger partial charge in [-0.2, -0.15) is 10.2 Å². The zero-order valence-electron chi connectivity index (χ0n) is 14.8. The van der Waals surface area contributed by atoms with Crippen molar-refractivity contribution in [1.82, 2.24) is 24.5 Å². The minimum absolute atomic E-state index is 0.233. The Bertz CT molecular complexity index is 638. The summed E-state index contributed by atoms with van der Waals surface area (Å²) in [4.78, 5) is 2.50. The van der Waals surface area contributed by atoms with Gasteiger partial charge in [0.2, 0.25) is 0 Å². The molecule has 2 aromatic heterocycles. The quantitative estimate of drug-likeness (QED) is 0.675. The number of hydrogen-bond acceptors (Lipinski definition) is 5. The van der Waals surface area contributed by atoms with Gasteiger partial charge in [0.1, 0.15) is 0 Å². The smallest absolute Gasteiger partial charge is 0.0746 e. The van der Waals surface area contributed by atoms with E-state index in [0.717, 1.165) is 25.9 Å². The minimum Gasteiger partial charge on any atom is -0.382 e. The minimum atomic E-state index is 0.233. The molecule has 0 amide bonds. The third-order valence-corrected chi connectivity index (χ3v) is 4.57. The molecule has 0 N–H and O–H groups in total. The summed E-state index contributed by atoms with van der Waals surface area (Å²) < 4.78 is 14.9. The lowest BCUT2D eigenvalue weighted by Gasteiger charge is -2.27. The summed E-state index contributed by atoms with van der Waals surface area (Å²) in [6, 6.07) is 0.353. The topological polar surface area (TPSA) is 57.3 Å². The van der Waals surface area contributed by atoms with Crippen LogP contribution < -0.4 is 0 Å². The Morgan fingerprint density at radius 2 is 1.79 bits per heavy atom. The van der Waals surface area contributed by atoms with E-state index in [0.29, 0.717) is 19.3 Å². The first-order valence-electron chi connectivity index (χ1n) is 8.45. The predicted octanol–water partition coefficient (Wildman–Crippen LogP) is 1.00. The predicted molar refractivity (Wildman–Crippen MR) is 90.6 cm³/mol. The SMILES string of the molecule is COCCO[C@@H]1CCN(Cc2cnn(C)c2)[C@@H]1Cc1cnn(C)c1. The van der Waals surface area contributed by atoms with E-state index < -0.39 is 0 Å². The molecule has 24 heavy (non-hydrogen) atoms. The van der Waals surface area contributed by atoms with Crippen LogP contribution in [-0.2, 0) is 36.5 Å². The second kappa shape index (κ2) is 7.92. The molecule has 1 saturated heterocycles. The number of rotatable bonds is 8. The van der Waals surface area contributed by atoms with Crippen molar-refractivity contribution in [2.75, 3.05) is 26.9 Å². The van der Waals surface area contributed by atoms with Gasteiger partial charge in [-0.1, -0.05) is 0 Å². The van der Waals surface area contributed by atoms with Crippen molar-refractivity contribution in [2.24, 2.45) is 14.1 Å². The molecule has 1 aliphatic heterocycles. The van der Waals surface area contributed by atoms with E-state index in [1.54, 1.807) is 7.11 Å². The average Bonchev–Trinajstić information content (AvgIpc) is 3.24. The van der Waals surface area contributed by atoms with Crippen LogP contribution in [0.3, 0.4) is 0 Å². The fraction of sp³-hybridized carbons (Fsp3) is 0.647. The molecule has 3 heterocycles. The molecule has 3 rings (SSSR count). The molecular weight excluding hydrogens is 306 g/mol. The Hall–Kier alpha value is -1.70. The van der Waals surface area contributed by atoms with Crippen LogP contribution in [-0.4, -0.2) is 63.5 Å². The Morgan fingerprint density at radius 3 is 2.42 bits per heavy atom. The Labute approximate surface area is 143 Å². The van der Waals surface area contributed by atoms with E-state index >= 15 is 0 Å². The van der Waals surface area contributed by atoms with Gasteiger partial charge in [0, 0.05) is 58.3 Å². The maximum atomic E-state index is 6.09. The molecule has 0 aliphatic carbocycles. The first-order valence-corrected chi connectivity index (χ1v) is 8.45. The number of hydrogen-bond donors (Lipinski definition) is 0. The number of ether oxygens (including phenoxy) is 2. The molecule has 0 radical (unpaired) electrons. The van der Waals surface area contributed by atoms with E-state index in [1.165, 1.54) is 11.1 Å². The fourth-order valence-corrected chi connectivity index (χ4v) is 3.43. The zero-order valence-corrected chi connectivity index (χ0v) is 14.8. The van der Waals surface area contributed by atoms with Gasteiger partial charge < -0.3 is 9.47 Å². The van der Waals surface area contributed by atoms with Crippen LogP contribution in [0.15, 0.2) is 24.8 Å². The summed E-state index contributed by atoms with van der Waals surface area (Å²) in [6.07, 6.45) is 10.3. The summed E-state index contributed by atoms with van der Waals surface area (Å²) in [5.41, 5.74) is 2.49. The normalized spacial score (nSPS) is 21.6.